The number of carbonyl (C=O) groups excluding carboxylic acids is 1. The van der Waals surface area contributed by atoms with E-state index in [9.17, 15) is 4.79 Å². The van der Waals surface area contributed by atoms with Crippen molar-refractivity contribution in [3.63, 3.8) is 0 Å². The summed E-state index contributed by atoms with van der Waals surface area (Å²) in [7, 11) is 0. The Morgan fingerprint density at radius 2 is 2.25 bits per heavy atom. The van der Waals surface area contributed by atoms with Gasteiger partial charge in [-0.1, -0.05) is 35.2 Å². The molecular formula is C11H15BrN2OS. The molecule has 0 radical (unpaired) electrons. The molecule has 2 rings (SSSR count). The van der Waals surface area contributed by atoms with E-state index >= 15 is 0 Å². The minimum Gasteiger partial charge on any atom is -0.345 e. The van der Waals surface area contributed by atoms with Gasteiger partial charge in [-0.15, -0.1) is 11.3 Å². The Bertz CT molecular complexity index is 347. The number of thiazole rings is 1. The van der Waals surface area contributed by atoms with Gasteiger partial charge in [-0.2, -0.15) is 0 Å². The summed E-state index contributed by atoms with van der Waals surface area (Å²) in [4.78, 5) is 16.6. The van der Waals surface area contributed by atoms with Crippen molar-refractivity contribution in [2.45, 2.75) is 37.6 Å². The van der Waals surface area contributed by atoms with Gasteiger partial charge in [0, 0.05) is 5.33 Å². The van der Waals surface area contributed by atoms with E-state index < -0.39 is 0 Å². The molecule has 0 spiro atoms. The number of hydrogen-bond donors (Lipinski definition) is 1. The zero-order valence-electron chi connectivity index (χ0n) is 9.04. The summed E-state index contributed by atoms with van der Waals surface area (Å²) >= 11 is 4.92. The number of carbonyl (C=O) groups is 1. The van der Waals surface area contributed by atoms with Crippen LogP contribution in [0, 0.1) is 0 Å². The molecule has 0 unspecified atom stereocenters. The van der Waals surface area contributed by atoms with Crippen molar-refractivity contribution < 1.29 is 4.79 Å². The van der Waals surface area contributed by atoms with Crippen molar-refractivity contribution in [3.8, 4) is 0 Å². The van der Waals surface area contributed by atoms with Crippen molar-refractivity contribution in [3.05, 3.63) is 16.6 Å². The summed E-state index contributed by atoms with van der Waals surface area (Å²) in [5.41, 5.74) is 1.65. The molecule has 1 fully saturated rings. The van der Waals surface area contributed by atoms with Crippen LogP contribution in [0.15, 0.2) is 11.7 Å². The van der Waals surface area contributed by atoms with E-state index in [2.05, 4.69) is 26.2 Å². The molecule has 1 aromatic heterocycles. The highest BCUT2D eigenvalue weighted by Gasteiger charge is 2.32. The molecule has 0 aromatic carbocycles. The van der Waals surface area contributed by atoms with E-state index in [4.69, 9.17) is 0 Å². The summed E-state index contributed by atoms with van der Waals surface area (Å²) in [6.07, 6.45) is 7.46. The van der Waals surface area contributed by atoms with E-state index in [1.54, 1.807) is 11.7 Å². The largest absolute Gasteiger partial charge is 0.345 e. The standard InChI is InChI=1S/C11H15BrN2OS/c12-7-11(4-2-1-3-5-11)14-10(15)9-6-13-8-16-9/h6,8H,1-5,7H2,(H,14,15). The molecule has 1 aromatic rings. The maximum Gasteiger partial charge on any atom is 0.263 e. The van der Waals surface area contributed by atoms with Gasteiger partial charge in [0.1, 0.15) is 4.88 Å². The van der Waals surface area contributed by atoms with Crippen molar-refractivity contribution in [1.82, 2.24) is 10.3 Å². The van der Waals surface area contributed by atoms with E-state index in [1.165, 1.54) is 30.6 Å². The highest BCUT2D eigenvalue weighted by Crippen LogP contribution is 2.30. The first-order chi connectivity index (χ1) is 7.76. The quantitative estimate of drug-likeness (QED) is 0.872. The van der Waals surface area contributed by atoms with E-state index in [0.29, 0.717) is 4.88 Å². The number of rotatable bonds is 3. The second-order valence-electron chi connectivity index (χ2n) is 4.29. The lowest BCUT2D eigenvalue weighted by molar-refractivity contribution is 0.0890. The Morgan fingerprint density at radius 1 is 1.50 bits per heavy atom. The Hall–Kier alpha value is -0.420. The zero-order chi connectivity index (χ0) is 11.4. The lowest BCUT2D eigenvalue weighted by atomic mass is 9.83. The first-order valence-corrected chi connectivity index (χ1v) is 7.53. The van der Waals surface area contributed by atoms with E-state index in [1.807, 2.05) is 0 Å². The van der Waals surface area contributed by atoms with E-state index in [-0.39, 0.29) is 11.4 Å². The Kier molecular flexibility index (Phi) is 3.97. The third-order valence-electron chi connectivity index (χ3n) is 3.10. The number of hydrogen-bond acceptors (Lipinski definition) is 3. The molecule has 0 aliphatic heterocycles. The fourth-order valence-electron chi connectivity index (χ4n) is 2.15. The van der Waals surface area contributed by atoms with Gasteiger partial charge in [0.25, 0.3) is 5.91 Å². The number of nitrogens with one attached hydrogen (secondary N) is 1. The molecule has 1 aliphatic carbocycles. The lowest BCUT2D eigenvalue weighted by Crippen LogP contribution is -2.51. The zero-order valence-corrected chi connectivity index (χ0v) is 11.4. The molecule has 3 nitrogen and oxygen atoms in total. The molecule has 1 amide bonds. The SMILES string of the molecule is O=C(NC1(CBr)CCCCC1)c1cncs1. The number of halogens is 1. The van der Waals surface area contributed by atoms with Gasteiger partial charge in [0.05, 0.1) is 17.2 Å². The Labute approximate surface area is 108 Å². The van der Waals surface area contributed by atoms with Crippen LogP contribution in [0.25, 0.3) is 0 Å². The van der Waals surface area contributed by atoms with Gasteiger partial charge in [-0.3, -0.25) is 9.78 Å². The topological polar surface area (TPSA) is 42.0 Å². The molecule has 88 valence electrons. The third-order valence-corrected chi connectivity index (χ3v) is 4.95. The maximum absolute atomic E-state index is 12.0. The fourth-order valence-corrected chi connectivity index (χ4v) is 3.37. The number of nitrogens with zero attached hydrogens (tertiary/aromatic N) is 1. The molecule has 16 heavy (non-hydrogen) atoms. The number of alkyl halides is 1. The smallest absolute Gasteiger partial charge is 0.263 e. The van der Waals surface area contributed by atoms with Crippen LogP contribution in [0.4, 0.5) is 0 Å². The summed E-state index contributed by atoms with van der Waals surface area (Å²) in [6, 6.07) is 0. The molecule has 0 bridgehead atoms. The fraction of sp³-hybridized carbons (Fsp3) is 0.636. The second kappa shape index (κ2) is 5.27. The molecule has 1 aliphatic rings. The van der Waals surface area contributed by atoms with Crippen LogP contribution in [0.2, 0.25) is 0 Å². The molecular weight excluding hydrogens is 288 g/mol. The highest BCUT2D eigenvalue weighted by molar-refractivity contribution is 9.09. The molecule has 5 heteroatoms. The van der Waals surface area contributed by atoms with Crippen LogP contribution in [0.1, 0.15) is 41.8 Å². The van der Waals surface area contributed by atoms with Gasteiger partial charge in [-0.25, -0.2) is 0 Å². The summed E-state index contributed by atoms with van der Waals surface area (Å²) in [5.74, 6) is 0.0175. The predicted molar refractivity (Wildman–Crippen MR) is 69.2 cm³/mol. The monoisotopic (exact) mass is 302 g/mol. The summed E-state index contributed by atoms with van der Waals surface area (Å²) in [6.45, 7) is 0. The first-order valence-electron chi connectivity index (χ1n) is 5.53. The molecule has 1 saturated carbocycles. The van der Waals surface area contributed by atoms with Gasteiger partial charge in [-0.05, 0) is 12.8 Å². The summed E-state index contributed by atoms with van der Waals surface area (Å²) < 4.78 is 0. The second-order valence-corrected chi connectivity index (χ2v) is 5.74. The van der Waals surface area contributed by atoms with Crippen LogP contribution in [0.5, 0.6) is 0 Å². The van der Waals surface area contributed by atoms with E-state index in [0.717, 1.165) is 18.2 Å². The van der Waals surface area contributed by atoms with Crippen LogP contribution in [-0.2, 0) is 0 Å². The van der Waals surface area contributed by atoms with Crippen molar-refractivity contribution in [1.29, 1.82) is 0 Å². The Morgan fingerprint density at radius 3 is 2.81 bits per heavy atom. The van der Waals surface area contributed by atoms with Crippen molar-refractivity contribution in [2.24, 2.45) is 0 Å². The van der Waals surface area contributed by atoms with Crippen LogP contribution in [0.3, 0.4) is 0 Å². The van der Waals surface area contributed by atoms with Gasteiger partial charge in [0.2, 0.25) is 0 Å². The number of aromatic nitrogens is 1. The third kappa shape index (κ3) is 2.63. The normalized spacial score (nSPS) is 19.3. The highest BCUT2D eigenvalue weighted by atomic mass is 79.9. The average molecular weight is 303 g/mol. The lowest BCUT2D eigenvalue weighted by Gasteiger charge is -2.36. The minimum atomic E-state index is -0.0423. The minimum absolute atomic E-state index is 0.0175. The molecule has 0 atom stereocenters. The van der Waals surface area contributed by atoms with Crippen molar-refractivity contribution >= 4 is 33.2 Å². The van der Waals surface area contributed by atoms with Crippen LogP contribution in [-0.4, -0.2) is 21.8 Å². The van der Waals surface area contributed by atoms with Crippen LogP contribution >= 0.6 is 27.3 Å². The average Bonchev–Trinajstić information content (AvgIpc) is 2.84. The van der Waals surface area contributed by atoms with Crippen LogP contribution < -0.4 is 5.32 Å². The molecule has 1 heterocycles. The Balaban J connectivity index is 2.03. The summed E-state index contributed by atoms with van der Waals surface area (Å²) in [5, 5.41) is 4.01. The van der Waals surface area contributed by atoms with Gasteiger partial charge >= 0.3 is 0 Å². The van der Waals surface area contributed by atoms with Gasteiger partial charge < -0.3 is 5.32 Å². The van der Waals surface area contributed by atoms with Gasteiger partial charge in [0.15, 0.2) is 0 Å². The molecule has 1 N–H and O–H groups in total. The van der Waals surface area contributed by atoms with Crippen molar-refractivity contribution in [2.75, 3.05) is 5.33 Å². The first kappa shape index (κ1) is 12.0. The maximum atomic E-state index is 12.0. The molecule has 0 saturated heterocycles. The predicted octanol–water partition coefficient (Wildman–Crippen LogP) is 2.97. The number of amides is 1.